The van der Waals surface area contributed by atoms with E-state index in [1.807, 2.05) is 0 Å². The quantitative estimate of drug-likeness (QED) is 0.823. The Balaban J connectivity index is 2.38. The zero-order chi connectivity index (χ0) is 11.1. The van der Waals surface area contributed by atoms with Crippen LogP contribution in [0.3, 0.4) is 0 Å². The minimum absolute atomic E-state index is 0.245. The van der Waals surface area contributed by atoms with E-state index < -0.39 is 6.36 Å². The van der Waals surface area contributed by atoms with Gasteiger partial charge < -0.3 is 4.74 Å². The van der Waals surface area contributed by atoms with Crippen LogP contribution in [-0.4, -0.2) is 6.36 Å². The highest BCUT2D eigenvalue weighted by Gasteiger charge is 2.31. The van der Waals surface area contributed by atoms with Crippen molar-refractivity contribution in [2.24, 2.45) is 0 Å². The van der Waals surface area contributed by atoms with Gasteiger partial charge in [-0.1, -0.05) is 0 Å². The van der Waals surface area contributed by atoms with Crippen LogP contribution in [0.1, 0.15) is 0 Å². The molecule has 3 nitrogen and oxygen atoms in total. The zero-order valence-electron chi connectivity index (χ0n) is 7.26. The van der Waals surface area contributed by atoms with Crippen molar-refractivity contribution in [1.29, 1.82) is 0 Å². The third-order valence-electron chi connectivity index (χ3n) is 1.66. The highest BCUT2D eigenvalue weighted by atomic mass is 32.1. The molecular weight excluding hydrogens is 229 g/mol. The van der Waals surface area contributed by atoms with Gasteiger partial charge in [0.05, 0.1) is 4.70 Å². The van der Waals surface area contributed by atoms with Gasteiger partial charge in [-0.3, -0.25) is 5.73 Å². The Morgan fingerprint density at radius 3 is 2.73 bits per heavy atom. The Hall–Kier alpha value is -1.50. The summed E-state index contributed by atoms with van der Waals surface area (Å²) in [5, 5.41) is 0.439. The van der Waals surface area contributed by atoms with Crippen LogP contribution in [0.5, 0.6) is 5.75 Å². The molecule has 0 saturated carbocycles. The van der Waals surface area contributed by atoms with Gasteiger partial charge >= 0.3 is 11.5 Å². The summed E-state index contributed by atoms with van der Waals surface area (Å²) in [5.41, 5.74) is 6.15. The lowest BCUT2D eigenvalue weighted by atomic mass is 10.3. The van der Waals surface area contributed by atoms with Crippen molar-refractivity contribution in [3.8, 4) is 5.75 Å². The third-order valence-corrected chi connectivity index (χ3v) is 2.54. The van der Waals surface area contributed by atoms with E-state index in [0.29, 0.717) is 15.3 Å². The van der Waals surface area contributed by atoms with Crippen molar-refractivity contribution in [3.63, 3.8) is 0 Å². The van der Waals surface area contributed by atoms with E-state index in [4.69, 9.17) is 5.73 Å². The normalized spacial score (nSPS) is 11.9. The number of rotatable bonds is 1. The summed E-state index contributed by atoms with van der Waals surface area (Å²) in [6.45, 7) is 0. The van der Waals surface area contributed by atoms with Crippen molar-refractivity contribution < 1.29 is 22.9 Å². The number of thiazole rings is 1. The fraction of sp³-hybridized carbons (Fsp3) is 0.125. The van der Waals surface area contributed by atoms with E-state index in [-0.39, 0.29) is 5.75 Å². The van der Waals surface area contributed by atoms with E-state index >= 15 is 0 Å². The number of benzene rings is 1. The van der Waals surface area contributed by atoms with Crippen molar-refractivity contribution in [2.75, 3.05) is 5.73 Å². The van der Waals surface area contributed by atoms with Crippen LogP contribution in [0.2, 0.25) is 0 Å². The van der Waals surface area contributed by atoms with E-state index in [1.54, 1.807) is 0 Å². The monoisotopic (exact) mass is 235 g/mol. The molecule has 7 heteroatoms. The number of aromatic nitrogens is 1. The molecule has 0 unspecified atom stereocenters. The smallest absolute Gasteiger partial charge is 0.406 e. The molecule has 1 aromatic carbocycles. The summed E-state index contributed by atoms with van der Waals surface area (Å²) in [7, 11) is 0. The number of hydrogen-bond acceptors (Lipinski definition) is 3. The topological polar surface area (TPSA) is 49.4 Å². The summed E-state index contributed by atoms with van der Waals surface area (Å²) in [4.78, 5) is 2.81. The highest BCUT2D eigenvalue weighted by molar-refractivity contribution is 7.21. The van der Waals surface area contributed by atoms with E-state index in [9.17, 15) is 13.2 Å². The number of halogens is 3. The maximum Gasteiger partial charge on any atom is 0.573 e. The number of anilines is 1. The molecule has 0 saturated heterocycles. The van der Waals surface area contributed by atoms with Crippen LogP contribution in [-0.2, 0) is 0 Å². The second-order valence-corrected chi connectivity index (χ2v) is 3.88. The standard InChI is InChI=1S/C8H5F3N2OS/c9-8(10,11)14-4-1-2-5-6(3-4)15-7(12)13-5/h1-3H,(H2,12,13)/p+1. The molecule has 2 aromatic rings. The van der Waals surface area contributed by atoms with Gasteiger partial charge in [-0.15, -0.1) is 13.2 Å². The van der Waals surface area contributed by atoms with Gasteiger partial charge in [-0.05, 0) is 23.5 Å². The maximum atomic E-state index is 11.9. The van der Waals surface area contributed by atoms with Crippen LogP contribution >= 0.6 is 11.3 Å². The molecule has 15 heavy (non-hydrogen) atoms. The van der Waals surface area contributed by atoms with Crippen molar-refractivity contribution in [2.45, 2.75) is 6.36 Å². The summed E-state index contributed by atoms with van der Waals surface area (Å²) < 4.78 is 40.1. The maximum absolute atomic E-state index is 11.9. The molecule has 0 fully saturated rings. The fourth-order valence-corrected chi connectivity index (χ4v) is 1.97. The lowest BCUT2D eigenvalue weighted by Gasteiger charge is -2.07. The Labute approximate surface area is 86.3 Å². The number of fused-ring (bicyclic) bond motifs is 1. The molecule has 1 aromatic heterocycles. The number of aromatic amines is 1. The first-order valence-corrected chi connectivity index (χ1v) is 4.73. The molecule has 3 N–H and O–H groups in total. The van der Waals surface area contributed by atoms with Gasteiger partial charge in [0.1, 0.15) is 11.3 Å². The van der Waals surface area contributed by atoms with Crippen LogP contribution in [0.15, 0.2) is 18.2 Å². The van der Waals surface area contributed by atoms with Crippen LogP contribution < -0.4 is 15.5 Å². The molecule has 0 atom stereocenters. The number of nitrogens with two attached hydrogens (primary N) is 1. The summed E-state index contributed by atoms with van der Waals surface area (Å²) in [6, 6.07) is 4.02. The predicted molar refractivity (Wildman–Crippen MR) is 49.5 cm³/mol. The second-order valence-electron chi connectivity index (χ2n) is 2.80. The van der Waals surface area contributed by atoms with Gasteiger partial charge in [0.15, 0.2) is 0 Å². The molecule has 0 aliphatic heterocycles. The molecule has 0 aliphatic rings. The SMILES string of the molecule is Nc1[nH+]c2ccc(OC(F)(F)F)cc2s1. The first-order chi connectivity index (χ1) is 6.94. The molecule has 0 spiro atoms. The first kappa shape index (κ1) is 10.0. The number of ether oxygens (including phenoxy) is 1. The molecular formula is C8H6F3N2OS+. The van der Waals surface area contributed by atoms with Crippen LogP contribution in [0.25, 0.3) is 10.2 Å². The fourth-order valence-electron chi connectivity index (χ4n) is 1.16. The van der Waals surface area contributed by atoms with Crippen molar-refractivity contribution in [1.82, 2.24) is 0 Å². The molecule has 0 radical (unpaired) electrons. The van der Waals surface area contributed by atoms with Crippen LogP contribution in [0.4, 0.5) is 18.3 Å². The molecule has 2 rings (SSSR count). The third kappa shape index (κ3) is 2.30. The molecule has 0 bridgehead atoms. The lowest BCUT2D eigenvalue weighted by Crippen LogP contribution is -2.17. The first-order valence-electron chi connectivity index (χ1n) is 3.91. The Kier molecular flexibility index (Phi) is 2.18. The molecule has 80 valence electrons. The average molecular weight is 235 g/mol. The van der Waals surface area contributed by atoms with Crippen LogP contribution in [0, 0.1) is 0 Å². The molecule has 1 heterocycles. The van der Waals surface area contributed by atoms with Gasteiger partial charge in [0.2, 0.25) is 0 Å². The number of H-pyrrole nitrogens is 1. The Bertz CT molecular complexity index is 494. The number of nitrogens with one attached hydrogen (secondary N) is 1. The zero-order valence-corrected chi connectivity index (χ0v) is 8.08. The van der Waals surface area contributed by atoms with E-state index in [1.165, 1.54) is 29.5 Å². The van der Waals surface area contributed by atoms with E-state index in [2.05, 4.69) is 9.72 Å². The lowest BCUT2D eigenvalue weighted by molar-refractivity contribution is -0.320. The highest BCUT2D eigenvalue weighted by Crippen LogP contribution is 2.28. The second kappa shape index (κ2) is 3.27. The number of alkyl halides is 3. The van der Waals surface area contributed by atoms with Gasteiger partial charge in [0.25, 0.3) is 0 Å². The van der Waals surface area contributed by atoms with Crippen molar-refractivity contribution in [3.05, 3.63) is 18.2 Å². The summed E-state index contributed by atoms with van der Waals surface area (Å²) in [6.07, 6.45) is -4.67. The van der Waals surface area contributed by atoms with Gasteiger partial charge in [-0.25, -0.2) is 4.98 Å². The Morgan fingerprint density at radius 1 is 1.33 bits per heavy atom. The minimum Gasteiger partial charge on any atom is -0.406 e. The van der Waals surface area contributed by atoms with E-state index in [0.717, 1.165) is 0 Å². The summed E-state index contributed by atoms with van der Waals surface area (Å²) >= 11 is 1.17. The molecule has 0 aliphatic carbocycles. The largest absolute Gasteiger partial charge is 0.573 e. The predicted octanol–water partition coefficient (Wildman–Crippen LogP) is 2.20. The minimum atomic E-state index is -4.67. The number of nitrogen functional groups attached to an aromatic ring is 1. The van der Waals surface area contributed by atoms with Crippen molar-refractivity contribution >= 4 is 26.7 Å². The number of hydrogen-bond donors (Lipinski definition) is 1. The van der Waals surface area contributed by atoms with Gasteiger partial charge in [-0.2, -0.15) is 0 Å². The summed E-state index contributed by atoms with van der Waals surface area (Å²) in [5.74, 6) is -0.245. The Morgan fingerprint density at radius 2 is 2.07 bits per heavy atom. The molecule has 0 amide bonds. The average Bonchev–Trinajstić information content (AvgIpc) is 2.40. The van der Waals surface area contributed by atoms with Gasteiger partial charge in [0, 0.05) is 6.07 Å².